The van der Waals surface area contributed by atoms with E-state index >= 15 is 0 Å². The Hall–Kier alpha value is -0.820. The summed E-state index contributed by atoms with van der Waals surface area (Å²) in [5, 5.41) is 8.97. The predicted molar refractivity (Wildman–Crippen MR) is 51.1 cm³/mol. The van der Waals surface area contributed by atoms with Crippen LogP contribution in [0.3, 0.4) is 0 Å². The van der Waals surface area contributed by atoms with Crippen molar-refractivity contribution < 1.29 is 5.11 Å². The lowest BCUT2D eigenvalue weighted by atomic mass is 9.90. The molecule has 2 atom stereocenters. The number of hydrogen-bond acceptors (Lipinski definition) is 1. The molecule has 0 aliphatic carbocycles. The number of aliphatic hydroxyl groups excluding tert-OH is 1. The largest absolute Gasteiger partial charge is 0.396 e. The van der Waals surface area contributed by atoms with Crippen molar-refractivity contribution in [3.8, 4) is 0 Å². The number of hydrogen-bond donors (Lipinski definition) is 1. The molecule has 1 rings (SSSR count). The minimum Gasteiger partial charge on any atom is -0.396 e. The standard InChI is InChI=1S/C11H16O/c1-9(8-12)10(2)11-6-4-3-5-7-11/h3-7,9-10,12H,8H2,1-2H3/t9-,10+/m1/s1. The van der Waals surface area contributed by atoms with Gasteiger partial charge in [0.25, 0.3) is 0 Å². The average Bonchev–Trinajstić information content (AvgIpc) is 2.17. The van der Waals surface area contributed by atoms with Crippen molar-refractivity contribution in [1.82, 2.24) is 0 Å². The molecule has 0 fully saturated rings. The molecule has 0 heterocycles. The predicted octanol–water partition coefficient (Wildman–Crippen LogP) is 2.42. The fourth-order valence-electron chi connectivity index (χ4n) is 1.24. The first-order valence-corrected chi connectivity index (χ1v) is 4.41. The van der Waals surface area contributed by atoms with Gasteiger partial charge in [0.1, 0.15) is 0 Å². The molecule has 0 aromatic heterocycles. The van der Waals surface area contributed by atoms with Crippen LogP contribution >= 0.6 is 0 Å². The molecule has 0 saturated carbocycles. The van der Waals surface area contributed by atoms with Gasteiger partial charge in [-0.3, -0.25) is 0 Å². The second-order valence-electron chi connectivity index (χ2n) is 3.36. The first kappa shape index (κ1) is 9.27. The molecule has 0 aliphatic heterocycles. The summed E-state index contributed by atoms with van der Waals surface area (Å²) in [6, 6.07) is 10.3. The van der Waals surface area contributed by atoms with E-state index in [2.05, 4.69) is 26.0 Å². The van der Waals surface area contributed by atoms with Crippen LogP contribution in [0.4, 0.5) is 0 Å². The maximum absolute atomic E-state index is 8.97. The third-order valence-corrected chi connectivity index (χ3v) is 2.47. The topological polar surface area (TPSA) is 20.2 Å². The minimum atomic E-state index is 0.260. The molecule has 1 aromatic carbocycles. The van der Waals surface area contributed by atoms with E-state index < -0.39 is 0 Å². The highest BCUT2D eigenvalue weighted by molar-refractivity contribution is 5.19. The summed E-state index contributed by atoms with van der Waals surface area (Å²) in [4.78, 5) is 0. The van der Waals surface area contributed by atoms with Gasteiger partial charge in [-0.25, -0.2) is 0 Å². The van der Waals surface area contributed by atoms with Crippen LogP contribution < -0.4 is 0 Å². The van der Waals surface area contributed by atoms with Crippen LogP contribution in [0.5, 0.6) is 0 Å². The normalized spacial score (nSPS) is 15.6. The molecule has 0 saturated heterocycles. The van der Waals surface area contributed by atoms with Gasteiger partial charge in [-0.2, -0.15) is 0 Å². The summed E-state index contributed by atoms with van der Waals surface area (Å²) in [7, 11) is 0. The van der Waals surface area contributed by atoms with E-state index in [0.717, 1.165) is 0 Å². The minimum absolute atomic E-state index is 0.260. The van der Waals surface area contributed by atoms with Crippen LogP contribution in [0, 0.1) is 5.92 Å². The van der Waals surface area contributed by atoms with Gasteiger partial charge >= 0.3 is 0 Å². The summed E-state index contributed by atoms with van der Waals surface area (Å²) in [5.74, 6) is 0.781. The Morgan fingerprint density at radius 3 is 2.25 bits per heavy atom. The Balaban J connectivity index is 2.71. The molecule has 66 valence electrons. The molecule has 12 heavy (non-hydrogen) atoms. The quantitative estimate of drug-likeness (QED) is 0.727. The van der Waals surface area contributed by atoms with E-state index in [0.29, 0.717) is 11.8 Å². The summed E-state index contributed by atoms with van der Waals surface area (Å²) < 4.78 is 0. The molecule has 0 spiro atoms. The van der Waals surface area contributed by atoms with Gasteiger partial charge in [0.2, 0.25) is 0 Å². The highest BCUT2D eigenvalue weighted by atomic mass is 16.3. The van der Waals surface area contributed by atoms with Crippen LogP contribution in [0.1, 0.15) is 25.3 Å². The van der Waals surface area contributed by atoms with Crippen LogP contribution in [0.15, 0.2) is 30.3 Å². The van der Waals surface area contributed by atoms with Crippen molar-refractivity contribution in [2.45, 2.75) is 19.8 Å². The summed E-state index contributed by atoms with van der Waals surface area (Å²) in [6.07, 6.45) is 0. The number of aliphatic hydroxyl groups is 1. The highest BCUT2D eigenvalue weighted by Gasteiger charge is 2.11. The lowest BCUT2D eigenvalue weighted by Gasteiger charge is -2.17. The molecular weight excluding hydrogens is 148 g/mol. The van der Waals surface area contributed by atoms with E-state index in [1.807, 2.05) is 18.2 Å². The second kappa shape index (κ2) is 4.27. The molecule has 0 unspecified atom stereocenters. The van der Waals surface area contributed by atoms with Gasteiger partial charge in [-0.15, -0.1) is 0 Å². The molecule has 1 N–H and O–H groups in total. The van der Waals surface area contributed by atoms with Crippen LogP contribution in [0.2, 0.25) is 0 Å². The van der Waals surface area contributed by atoms with E-state index in [4.69, 9.17) is 5.11 Å². The Morgan fingerprint density at radius 2 is 1.75 bits per heavy atom. The SMILES string of the molecule is C[C@H](CO)[C@H](C)c1ccccc1. The molecule has 0 amide bonds. The summed E-state index contributed by atoms with van der Waals surface area (Å²) >= 11 is 0. The Bertz CT molecular complexity index is 218. The van der Waals surface area contributed by atoms with Crippen molar-refractivity contribution >= 4 is 0 Å². The van der Waals surface area contributed by atoms with Gasteiger partial charge in [0, 0.05) is 6.61 Å². The second-order valence-corrected chi connectivity index (χ2v) is 3.36. The number of rotatable bonds is 3. The lowest BCUT2D eigenvalue weighted by Crippen LogP contribution is -2.09. The average molecular weight is 164 g/mol. The summed E-state index contributed by atoms with van der Waals surface area (Å²) in [5.41, 5.74) is 1.30. The Labute approximate surface area is 74.1 Å². The molecule has 0 radical (unpaired) electrons. The molecule has 1 aromatic rings. The zero-order valence-electron chi connectivity index (χ0n) is 7.70. The first-order chi connectivity index (χ1) is 5.75. The highest BCUT2D eigenvalue weighted by Crippen LogP contribution is 2.22. The first-order valence-electron chi connectivity index (χ1n) is 4.41. The lowest BCUT2D eigenvalue weighted by molar-refractivity contribution is 0.220. The molecule has 0 bridgehead atoms. The molecule has 0 aliphatic rings. The van der Waals surface area contributed by atoms with E-state index in [9.17, 15) is 0 Å². The Morgan fingerprint density at radius 1 is 1.17 bits per heavy atom. The maximum atomic E-state index is 8.97. The van der Waals surface area contributed by atoms with Gasteiger partial charge < -0.3 is 5.11 Å². The monoisotopic (exact) mass is 164 g/mol. The van der Waals surface area contributed by atoms with Gasteiger partial charge in [-0.1, -0.05) is 44.2 Å². The van der Waals surface area contributed by atoms with Crippen molar-refractivity contribution in [3.05, 3.63) is 35.9 Å². The van der Waals surface area contributed by atoms with E-state index in [1.54, 1.807) is 0 Å². The molecule has 1 heteroatoms. The van der Waals surface area contributed by atoms with E-state index in [-0.39, 0.29) is 6.61 Å². The van der Waals surface area contributed by atoms with Gasteiger partial charge in [-0.05, 0) is 17.4 Å². The smallest absolute Gasteiger partial charge is 0.0462 e. The Kier molecular flexibility index (Phi) is 3.30. The van der Waals surface area contributed by atoms with Crippen molar-refractivity contribution in [3.63, 3.8) is 0 Å². The third kappa shape index (κ3) is 2.08. The van der Waals surface area contributed by atoms with Crippen molar-refractivity contribution in [2.75, 3.05) is 6.61 Å². The van der Waals surface area contributed by atoms with Crippen LogP contribution in [0.25, 0.3) is 0 Å². The summed E-state index contributed by atoms with van der Waals surface area (Å²) in [6.45, 7) is 4.48. The number of benzene rings is 1. The van der Waals surface area contributed by atoms with Gasteiger partial charge in [0.15, 0.2) is 0 Å². The fourth-order valence-corrected chi connectivity index (χ4v) is 1.24. The van der Waals surface area contributed by atoms with Crippen LogP contribution in [-0.2, 0) is 0 Å². The van der Waals surface area contributed by atoms with Gasteiger partial charge in [0.05, 0.1) is 0 Å². The van der Waals surface area contributed by atoms with Crippen LogP contribution in [-0.4, -0.2) is 11.7 Å². The molecular formula is C11H16O. The van der Waals surface area contributed by atoms with Crippen molar-refractivity contribution in [1.29, 1.82) is 0 Å². The third-order valence-electron chi connectivity index (χ3n) is 2.47. The zero-order chi connectivity index (χ0) is 8.97. The van der Waals surface area contributed by atoms with E-state index in [1.165, 1.54) is 5.56 Å². The molecule has 1 nitrogen and oxygen atoms in total. The van der Waals surface area contributed by atoms with Crippen molar-refractivity contribution in [2.24, 2.45) is 5.92 Å². The zero-order valence-corrected chi connectivity index (χ0v) is 7.70. The fraction of sp³-hybridized carbons (Fsp3) is 0.455. The maximum Gasteiger partial charge on any atom is 0.0462 e.